The quantitative estimate of drug-likeness (QED) is 0.218. The third-order valence-corrected chi connectivity index (χ3v) is 24.6. The molecule has 0 aromatic rings. The van der Waals surface area contributed by atoms with Gasteiger partial charge < -0.3 is 60.0 Å². The molecule has 4 heterocycles. The fraction of sp³-hybridized carbons (Fsp3) is 0.833. The lowest BCUT2D eigenvalue weighted by molar-refractivity contribution is -0.182. The van der Waals surface area contributed by atoms with Gasteiger partial charge in [-0.25, -0.2) is 0 Å². The van der Waals surface area contributed by atoms with E-state index in [0.717, 1.165) is 44.9 Å². The van der Waals surface area contributed by atoms with Crippen LogP contribution in [0.25, 0.3) is 0 Å². The molecule has 8 rings (SSSR count). The summed E-state index contributed by atoms with van der Waals surface area (Å²) in [6.07, 6.45) is 6.51. The molecule has 100 heavy (non-hydrogen) atoms. The number of rotatable bonds is 10. The molecule has 4 aliphatic carbocycles. The first-order valence-electron chi connectivity index (χ1n) is 37.3. The van der Waals surface area contributed by atoms with E-state index in [4.69, 9.17) is 11.6 Å². The summed E-state index contributed by atoms with van der Waals surface area (Å²) in [6.45, 7) is 9.11. The van der Waals surface area contributed by atoms with Crippen molar-refractivity contribution in [2.45, 2.75) is 273 Å². The molecule has 13 atom stereocenters. The molecule has 0 bridgehead atoms. The lowest BCUT2D eigenvalue weighted by Gasteiger charge is -2.45. The highest BCUT2D eigenvalue weighted by atomic mass is 35.5. The Morgan fingerprint density at radius 1 is 0.600 bits per heavy atom. The molecule has 0 radical (unpaired) electrons. The van der Waals surface area contributed by atoms with Crippen molar-refractivity contribution in [2.24, 2.45) is 35.5 Å². The van der Waals surface area contributed by atoms with Gasteiger partial charge in [-0.05, 0) is 139 Å². The van der Waals surface area contributed by atoms with Crippen molar-refractivity contribution in [1.29, 1.82) is 0 Å². The van der Waals surface area contributed by atoms with Gasteiger partial charge in [-0.3, -0.25) is 57.5 Å². The van der Waals surface area contributed by atoms with Crippen LogP contribution in [0.4, 0.5) is 13.2 Å². The van der Waals surface area contributed by atoms with Crippen molar-refractivity contribution in [3.8, 4) is 0 Å². The van der Waals surface area contributed by atoms with Crippen LogP contribution in [0, 0.1) is 35.5 Å². The van der Waals surface area contributed by atoms with E-state index in [0.29, 0.717) is 64.5 Å². The highest BCUT2D eigenvalue weighted by Gasteiger charge is 2.53. The molecule has 1 spiro atoms. The summed E-state index contributed by atoms with van der Waals surface area (Å²) in [5, 5.41) is 7.67. The first-order valence-corrected chi connectivity index (χ1v) is 37.8. The average molecular weight is 1430 g/mol. The van der Waals surface area contributed by atoms with E-state index < -0.39 is 173 Å². The Balaban J connectivity index is 1.15. The molecule has 12 amide bonds. The van der Waals surface area contributed by atoms with Gasteiger partial charge in [0.05, 0.1) is 18.9 Å². The summed E-state index contributed by atoms with van der Waals surface area (Å²) >= 11 is 6.41. The topological polar surface area (TPSA) is 270 Å². The Bertz CT molecular complexity index is 2980. The zero-order chi connectivity index (χ0) is 73.4. The number of amides is 12. The number of fused-ring (bicyclic) bond motifs is 2. The number of piperidine rings is 1. The minimum Gasteiger partial charge on any atom is -0.343 e. The Kier molecular flexibility index (Phi) is 27.3. The Morgan fingerprint density at radius 3 is 1.82 bits per heavy atom. The average Bonchev–Trinajstić information content (AvgIpc) is 1.29. The number of carbonyl (C=O) groups excluding carboxylic acids is 12. The summed E-state index contributed by atoms with van der Waals surface area (Å²) in [4.78, 5) is 192. The molecular weight excluding hydrogens is 1320 g/mol. The van der Waals surface area contributed by atoms with Crippen molar-refractivity contribution in [3.63, 3.8) is 0 Å². The fourth-order valence-electron chi connectivity index (χ4n) is 17.0. The normalized spacial score (nSPS) is 31.8. The molecule has 28 heteroatoms. The van der Waals surface area contributed by atoms with Gasteiger partial charge in [-0.1, -0.05) is 85.5 Å². The molecule has 0 aromatic carbocycles. The first-order chi connectivity index (χ1) is 47.2. The van der Waals surface area contributed by atoms with Crippen LogP contribution in [0.3, 0.4) is 0 Å². The van der Waals surface area contributed by atoms with Crippen LogP contribution in [0.15, 0.2) is 0 Å². The van der Waals surface area contributed by atoms with Gasteiger partial charge in [0.2, 0.25) is 70.9 Å². The number of nitrogens with one attached hydrogen (secondary N) is 3. The van der Waals surface area contributed by atoms with E-state index in [9.17, 15) is 37.1 Å². The van der Waals surface area contributed by atoms with Crippen LogP contribution in [-0.4, -0.2) is 261 Å². The molecule has 24 nitrogen and oxygen atoms in total. The van der Waals surface area contributed by atoms with Crippen molar-refractivity contribution in [2.75, 3.05) is 75.0 Å². The monoisotopic (exact) mass is 1430 g/mol. The van der Waals surface area contributed by atoms with Gasteiger partial charge in [0.25, 0.3) is 0 Å². The van der Waals surface area contributed by atoms with Crippen LogP contribution in [0.2, 0.25) is 0 Å². The molecule has 3 unspecified atom stereocenters. The number of hydrogen-bond acceptors (Lipinski definition) is 12. The summed E-state index contributed by atoms with van der Waals surface area (Å²) in [7, 11) is 8.75. The van der Waals surface area contributed by atoms with Gasteiger partial charge >= 0.3 is 6.18 Å². The van der Waals surface area contributed by atoms with Gasteiger partial charge in [0, 0.05) is 73.8 Å². The van der Waals surface area contributed by atoms with Crippen LogP contribution in [0.5, 0.6) is 0 Å². The number of halogens is 4. The van der Waals surface area contributed by atoms with E-state index in [2.05, 4.69) is 16.0 Å². The van der Waals surface area contributed by atoms with Crippen molar-refractivity contribution < 1.29 is 70.7 Å². The zero-order valence-corrected chi connectivity index (χ0v) is 61.8. The number of hydrogen-bond donors (Lipinski definition) is 3. The van der Waals surface area contributed by atoms with Crippen LogP contribution >= 0.6 is 11.6 Å². The third-order valence-electron chi connectivity index (χ3n) is 24.1. The van der Waals surface area contributed by atoms with Gasteiger partial charge in [-0.15, -0.1) is 11.6 Å². The molecule has 8 aliphatic rings. The largest absolute Gasteiger partial charge is 0.393 e. The second-order valence-electron chi connectivity index (χ2n) is 31.0. The highest BCUT2D eigenvalue weighted by Crippen LogP contribution is 2.44. The SMILES string of the molecule is CC[C@H](C)[C@@H]1NC(=O)[C@H](C2CCC2)N(C)C(=O)C[C@@H](C(=O)N2CCCCC2)N(C)C(=O)[C@H](C(C)C)N(C)C(=O)C2(CCCC2)NC(=O)[C@@H]2CCCN2C(=O)[C@H](CCC2CCC(C(F)(F)F)C(Cl)C2)NC(=O)CN(C)C(=O)[C@H](CC2CCCCC2)N(C)C(=O)[C@@H]2CCN2C(=O)[C@H](C)N(C)C1=O. The maximum Gasteiger partial charge on any atom is 0.393 e. The molecule has 3 N–H and O–H groups in total. The minimum atomic E-state index is -4.51. The van der Waals surface area contributed by atoms with Gasteiger partial charge in [0.1, 0.15) is 59.9 Å². The second-order valence-corrected chi connectivity index (χ2v) is 31.6. The molecule has 562 valence electrons. The maximum atomic E-state index is 15.5. The summed E-state index contributed by atoms with van der Waals surface area (Å²) in [5.41, 5.74) is -1.56. The fourth-order valence-corrected chi connectivity index (χ4v) is 17.6. The molecule has 4 saturated carbocycles. The molecule has 4 saturated heterocycles. The lowest BCUT2D eigenvalue weighted by Crippen LogP contribution is -2.65. The Labute approximate surface area is 594 Å². The van der Waals surface area contributed by atoms with Crippen LogP contribution in [-0.2, 0) is 57.5 Å². The van der Waals surface area contributed by atoms with Crippen molar-refractivity contribution >= 4 is 82.5 Å². The Hall–Kier alpha value is -6.28. The van der Waals surface area contributed by atoms with Gasteiger partial charge in [-0.2, -0.15) is 13.2 Å². The molecular formula is C72H114ClF3N12O12. The number of nitrogens with zero attached hydrogens (tertiary/aromatic N) is 9. The molecule has 4 aliphatic heterocycles. The van der Waals surface area contributed by atoms with E-state index in [1.807, 2.05) is 6.92 Å². The van der Waals surface area contributed by atoms with E-state index in [-0.39, 0.29) is 95.1 Å². The molecule has 8 fully saturated rings. The molecule has 0 aromatic heterocycles. The van der Waals surface area contributed by atoms with E-state index in [1.54, 1.807) is 25.7 Å². The summed E-state index contributed by atoms with van der Waals surface area (Å²) in [5.74, 6) is -10.6. The first kappa shape index (κ1) is 79.4. The second kappa shape index (κ2) is 34.3. The van der Waals surface area contributed by atoms with E-state index >= 15 is 33.6 Å². The number of alkyl halides is 4. The number of likely N-dealkylation sites (tertiary alicyclic amines) is 1. The highest BCUT2D eigenvalue weighted by molar-refractivity contribution is 6.21. The van der Waals surface area contributed by atoms with Gasteiger partial charge in [0.15, 0.2) is 0 Å². The summed E-state index contributed by atoms with van der Waals surface area (Å²) < 4.78 is 42.0. The van der Waals surface area contributed by atoms with Crippen LogP contribution in [0.1, 0.15) is 202 Å². The maximum absolute atomic E-state index is 15.5. The lowest BCUT2D eigenvalue weighted by atomic mass is 9.78. The summed E-state index contributed by atoms with van der Waals surface area (Å²) in [6, 6.07) is -10.7. The minimum absolute atomic E-state index is 0.00281. The zero-order valence-electron chi connectivity index (χ0n) is 61.1. The predicted octanol–water partition coefficient (Wildman–Crippen LogP) is 5.85. The van der Waals surface area contributed by atoms with E-state index in [1.165, 1.54) is 88.4 Å². The smallest absolute Gasteiger partial charge is 0.343 e. The Morgan fingerprint density at radius 2 is 1.24 bits per heavy atom. The number of carbonyl (C=O) groups is 12. The third kappa shape index (κ3) is 18.0. The van der Waals surface area contributed by atoms with Crippen LogP contribution < -0.4 is 16.0 Å². The number of likely N-dealkylation sites (N-methyl/N-ethyl adjacent to an activating group) is 6. The predicted molar refractivity (Wildman–Crippen MR) is 368 cm³/mol. The van der Waals surface area contributed by atoms with Crippen molar-refractivity contribution in [1.82, 2.24) is 60.0 Å². The standard InChI is InChI=1S/C72H114ClF3N12O12/c1-12-44(4)58-68(98)81(7)45(5)63(93)88-38-32-53(88)66(96)82(8)54(40-46-23-15-13-16-24-46)65(95)80(6)42-56(89)77-51(31-29-47-28-30-49(50(73)39-47)72(74,75)76)64(94)87-37-22-27-52(87)61(91)79-71(33-17-18-34-71)70(100)85(11)59(43(2)3)69(99)83(9)55(67(97)86-35-19-14-20-36-86)41-57(90)84(10)60(62(92)78-58)48-25-21-26-48/h43-55,58-60H,12-42H2,1-11H3,(H,77,89)(H,78,92)(H,79,91)/t44-,45-,47?,49?,50?,51-,52-,53-,54-,55-,58-,59-,60-/m0/s1. The van der Waals surface area contributed by atoms with Crippen molar-refractivity contribution in [3.05, 3.63) is 0 Å².